The molecule has 0 fully saturated rings. The lowest BCUT2D eigenvalue weighted by Crippen LogP contribution is -1.88. The van der Waals surface area contributed by atoms with Gasteiger partial charge in [0.2, 0.25) is 0 Å². The number of nitro benzene ring substituents is 1. The zero-order chi connectivity index (χ0) is 14.3. The minimum atomic E-state index is -0.401. The first-order valence-electron chi connectivity index (χ1n) is 6.26. The Bertz CT molecular complexity index is 821. The Morgan fingerprint density at radius 3 is 2.75 bits per heavy atom. The summed E-state index contributed by atoms with van der Waals surface area (Å²) in [5.74, 6) is 0.650. The van der Waals surface area contributed by atoms with Gasteiger partial charge < -0.3 is 4.98 Å². The van der Waals surface area contributed by atoms with Crippen molar-refractivity contribution in [3.63, 3.8) is 0 Å². The van der Waals surface area contributed by atoms with E-state index in [9.17, 15) is 10.1 Å². The molecule has 0 atom stereocenters. The number of fused-ring (bicyclic) bond motifs is 1. The first-order chi connectivity index (χ1) is 9.54. The molecule has 3 aromatic rings. The molecule has 2 aromatic carbocycles. The molecule has 5 nitrogen and oxygen atoms in total. The van der Waals surface area contributed by atoms with Crippen molar-refractivity contribution in [3.05, 3.63) is 57.6 Å². The highest BCUT2D eigenvalue weighted by atomic mass is 16.6. The molecule has 1 heterocycles. The predicted molar refractivity (Wildman–Crippen MR) is 77.7 cm³/mol. The van der Waals surface area contributed by atoms with E-state index in [2.05, 4.69) is 16.0 Å². The zero-order valence-electron chi connectivity index (χ0n) is 11.2. The monoisotopic (exact) mass is 267 g/mol. The highest BCUT2D eigenvalue weighted by molar-refractivity contribution is 5.83. The maximum atomic E-state index is 10.8. The minimum absolute atomic E-state index is 0.0656. The quantitative estimate of drug-likeness (QED) is 0.567. The number of nitrogens with zero attached hydrogens (tertiary/aromatic N) is 2. The van der Waals surface area contributed by atoms with Crippen LogP contribution in [0, 0.1) is 24.0 Å². The molecule has 0 bridgehead atoms. The summed E-state index contributed by atoms with van der Waals surface area (Å²) in [6.45, 7) is 4.04. The molecule has 0 radical (unpaired) electrons. The van der Waals surface area contributed by atoms with Crippen molar-refractivity contribution < 1.29 is 4.92 Å². The van der Waals surface area contributed by atoms with Gasteiger partial charge >= 0.3 is 0 Å². The van der Waals surface area contributed by atoms with Crippen molar-refractivity contribution in [2.75, 3.05) is 0 Å². The fourth-order valence-corrected chi connectivity index (χ4v) is 2.37. The van der Waals surface area contributed by atoms with Gasteiger partial charge in [-0.1, -0.05) is 18.2 Å². The van der Waals surface area contributed by atoms with Gasteiger partial charge in [-0.25, -0.2) is 4.98 Å². The van der Waals surface area contributed by atoms with Crippen molar-refractivity contribution in [2.24, 2.45) is 0 Å². The zero-order valence-corrected chi connectivity index (χ0v) is 11.2. The van der Waals surface area contributed by atoms with Gasteiger partial charge in [0.05, 0.1) is 16.0 Å². The van der Waals surface area contributed by atoms with Gasteiger partial charge in [0.1, 0.15) is 5.82 Å². The molecule has 5 heteroatoms. The van der Waals surface area contributed by atoms with E-state index in [1.54, 1.807) is 6.07 Å². The SMILES string of the molecule is Cc1cc(C)c2nc(-c3cccc([N+](=O)[O-])c3)[nH]c2c1. The largest absolute Gasteiger partial charge is 0.338 e. The Hall–Kier alpha value is -2.69. The third-order valence-electron chi connectivity index (χ3n) is 3.25. The highest BCUT2D eigenvalue weighted by Crippen LogP contribution is 2.26. The molecule has 3 rings (SSSR count). The van der Waals surface area contributed by atoms with Crippen LogP contribution in [0.4, 0.5) is 5.69 Å². The molecule has 100 valence electrons. The van der Waals surface area contributed by atoms with E-state index in [1.165, 1.54) is 12.1 Å². The maximum Gasteiger partial charge on any atom is 0.270 e. The number of aryl methyl sites for hydroxylation is 2. The van der Waals surface area contributed by atoms with Gasteiger partial charge in [0.15, 0.2) is 0 Å². The lowest BCUT2D eigenvalue weighted by molar-refractivity contribution is -0.384. The van der Waals surface area contributed by atoms with Crippen LogP contribution in [-0.4, -0.2) is 14.9 Å². The molecule has 0 spiro atoms. The molecule has 0 amide bonds. The van der Waals surface area contributed by atoms with Gasteiger partial charge in [-0.3, -0.25) is 10.1 Å². The van der Waals surface area contributed by atoms with Crippen LogP contribution in [0.5, 0.6) is 0 Å². The summed E-state index contributed by atoms with van der Waals surface area (Å²) in [6, 6.07) is 10.6. The number of non-ortho nitro benzene ring substituents is 1. The van der Waals surface area contributed by atoms with E-state index in [4.69, 9.17) is 0 Å². The second kappa shape index (κ2) is 4.45. The second-order valence-corrected chi connectivity index (χ2v) is 4.87. The Morgan fingerprint density at radius 2 is 2.00 bits per heavy atom. The van der Waals surface area contributed by atoms with Gasteiger partial charge in [-0.2, -0.15) is 0 Å². The molecule has 0 saturated carbocycles. The number of H-pyrrole nitrogens is 1. The summed E-state index contributed by atoms with van der Waals surface area (Å²) < 4.78 is 0. The lowest BCUT2D eigenvalue weighted by atomic mass is 10.1. The third kappa shape index (κ3) is 2.03. The summed E-state index contributed by atoms with van der Waals surface area (Å²) in [5.41, 5.74) is 4.88. The number of aromatic amines is 1. The van der Waals surface area contributed by atoms with E-state index in [1.807, 2.05) is 26.0 Å². The molecule has 1 N–H and O–H groups in total. The molecule has 0 aliphatic heterocycles. The normalized spacial score (nSPS) is 10.9. The van der Waals surface area contributed by atoms with E-state index in [0.717, 1.165) is 22.2 Å². The standard InChI is InChI=1S/C15H13N3O2/c1-9-6-10(2)14-13(7-9)16-15(17-14)11-4-3-5-12(8-11)18(19)20/h3-8H,1-2H3,(H,16,17). The number of aromatic nitrogens is 2. The van der Waals surface area contributed by atoms with E-state index < -0.39 is 4.92 Å². The van der Waals surface area contributed by atoms with Crippen LogP contribution in [-0.2, 0) is 0 Å². The summed E-state index contributed by atoms with van der Waals surface area (Å²) in [7, 11) is 0. The topological polar surface area (TPSA) is 71.8 Å². The molecular formula is C15H13N3O2. The van der Waals surface area contributed by atoms with Crippen molar-refractivity contribution in [2.45, 2.75) is 13.8 Å². The number of imidazole rings is 1. The van der Waals surface area contributed by atoms with E-state index >= 15 is 0 Å². The Morgan fingerprint density at radius 1 is 1.20 bits per heavy atom. The van der Waals surface area contributed by atoms with Crippen molar-refractivity contribution in [3.8, 4) is 11.4 Å². The number of hydrogen-bond donors (Lipinski definition) is 1. The first kappa shape index (κ1) is 12.3. The maximum absolute atomic E-state index is 10.8. The summed E-state index contributed by atoms with van der Waals surface area (Å²) >= 11 is 0. The van der Waals surface area contributed by atoms with Crippen molar-refractivity contribution >= 4 is 16.7 Å². The van der Waals surface area contributed by atoms with Gasteiger partial charge in [0.25, 0.3) is 5.69 Å². The fraction of sp³-hybridized carbons (Fsp3) is 0.133. The van der Waals surface area contributed by atoms with Crippen LogP contribution in [0.15, 0.2) is 36.4 Å². The van der Waals surface area contributed by atoms with Crippen LogP contribution < -0.4 is 0 Å². The molecule has 0 unspecified atom stereocenters. The van der Waals surface area contributed by atoms with E-state index in [-0.39, 0.29) is 5.69 Å². The molecular weight excluding hydrogens is 254 g/mol. The summed E-state index contributed by atoms with van der Waals surface area (Å²) in [4.78, 5) is 18.2. The van der Waals surface area contributed by atoms with Crippen LogP contribution in [0.1, 0.15) is 11.1 Å². The second-order valence-electron chi connectivity index (χ2n) is 4.87. The lowest BCUT2D eigenvalue weighted by Gasteiger charge is -1.96. The first-order valence-corrected chi connectivity index (χ1v) is 6.26. The third-order valence-corrected chi connectivity index (χ3v) is 3.25. The fourth-order valence-electron chi connectivity index (χ4n) is 2.37. The number of benzene rings is 2. The predicted octanol–water partition coefficient (Wildman–Crippen LogP) is 3.75. The smallest absolute Gasteiger partial charge is 0.270 e. The van der Waals surface area contributed by atoms with Crippen molar-refractivity contribution in [1.82, 2.24) is 9.97 Å². The average molecular weight is 267 g/mol. The molecule has 1 aromatic heterocycles. The number of nitro groups is 1. The van der Waals surface area contributed by atoms with Crippen LogP contribution in [0.3, 0.4) is 0 Å². The van der Waals surface area contributed by atoms with E-state index in [0.29, 0.717) is 11.4 Å². The summed E-state index contributed by atoms with van der Waals surface area (Å²) in [5, 5.41) is 10.8. The Balaban J connectivity index is 2.17. The number of rotatable bonds is 2. The summed E-state index contributed by atoms with van der Waals surface area (Å²) in [6.07, 6.45) is 0. The van der Waals surface area contributed by atoms with Crippen LogP contribution >= 0.6 is 0 Å². The Labute approximate surface area is 115 Å². The van der Waals surface area contributed by atoms with Gasteiger partial charge in [-0.15, -0.1) is 0 Å². The van der Waals surface area contributed by atoms with Gasteiger partial charge in [0, 0.05) is 17.7 Å². The Kier molecular flexibility index (Phi) is 2.75. The minimum Gasteiger partial charge on any atom is -0.338 e. The molecule has 20 heavy (non-hydrogen) atoms. The van der Waals surface area contributed by atoms with Crippen LogP contribution in [0.2, 0.25) is 0 Å². The molecule has 0 saturated heterocycles. The average Bonchev–Trinajstić information content (AvgIpc) is 2.83. The molecule has 0 aliphatic carbocycles. The van der Waals surface area contributed by atoms with Crippen molar-refractivity contribution in [1.29, 1.82) is 0 Å². The van der Waals surface area contributed by atoms with Gasteiger partial charge in [-0.05, 0) is 31.0 Å². The highest BCUT2D eigenvalue weighted by Gasteiger charge is 2.11. The number of hydrogen-bond acceptors (Lipinski definition) is 3. The number of nitrogens with one attached hydrogen (secondary N) is 1. The molecule has 0 aliphatic rings. The van der Waals surface area contributed by atoms with Crippen LogP contribution in [0.25, 0.3) is 22.4 Å².